The number of nitrogens with one attached hydrogen (secondary N) is 1. The first kappa shape index (κ1) is 15.8. The summed E-state index contributed by atoms with van der Waals surface area (Å²) in [5.74, 6) is 0. The van der Waals surface area contributed by atoms with E-state index in [9.17, 15) is 0 Å². The van der Waals surface area contributed by atoms with E-state index in [1.54, 1.807) is 17.5 Å². The van der Waals surface area contributed by atoms with Crippen molar-refractivity contribution in [1.29, 1.82) is 0 Å². The van der Waals surface area contributed by atoms with Gasteiger partial charge in [-0.05, 0) is 38.5 Å². The minimum atomic E-state index is 0.289. The second kappa shape index (κ2) is 7.02. The highest BCUT2D eigenvalue weighted by Crippen LogP contribution is 2.21. The van der Waals surface area contributed by atoms with Crippen LogP contribution in [0.25, 0.3) is 10.7 Å². The average molecular weight is 327 g/mol. The molecule has 6 heteroatoms. The highest BCUT2D eigenvalue weighted by atomic mass is 32.1. The molecule has 0 aliphatic heterocycles. The Morgan fingerprint density at radius 1 is 1.30 bits per heavy atom. The van der Waals surface area contributed by atoms with Crippen LogP contribution >= 0.6 is 11.3 Å². The summed E-state index contributed by atoms with van der Waals surface area (Å²) in [7, 11) is 0. The minimum Gasteiger partial charge on any atom is -0.306 e. The van der Waals surface area contributed by atoms with Crippen molar-refractivity contribution in [2.24, 2.45) is 0 Å². The number of aromatic nitrogens is 4. The molecular weight excluding hydrogens is 306 g/mol. The van der Waals surface area contributed by atoms with Gasteiger partial charge in [0.05, 0.1) is 23.6 Å². The van der Waals surface area contributed by atoms with E-state index in [0.717, 1.165) is 22.9 Å². The number of pyridine rings is 1. The minimum absolute atomic E-state index is 0.289. The quantitative estimate of drug-likeness (QED) is 0.753. The first-order chi connectivity index (χ1) is 11.1. The second-order valence-corrected chi connectivity index (χ2v) is 6.62. The molecule has 0 amide bonds. The molecule has 3 aromatic rings. The zero-order valence-corrected chi connectivity index (χ0v) is 14.4. The third-order valence-corrected chi connectivity index (χ3v) is 4.83. The number of aryl methyl sites for hydroxylation is 1. The summed E-state index contributed by atoms with van der Waals surface area (Å²) in [6, 6.07) is 6.48. The van der Waals surface area contributed by atoms with Gasteiger partial charge in [-0.2, -0.15) is 5.10 Å². The lowest BCUT2D eigenvalue weighted by molar-refractivity contribution is 0.364. The Morgan fingerprint density at radius 2 is 2.17 bits per heavy atom. The lowest BCUT2D eigenvalue weighted by Gasteiger charge is -2.21. The smallest absolute Gasteiger partial charge is 0.142 e. The molecule has 0 saturated heterocycles. The monoisotopic (exact) mass is 327 g/mol. The standard InChI is InChI=1S/C17H21N5S/c1-12-8-20-22(10-12)14(3)13(2)19-9-15-11-23-17(21-15)16-6-4-5-7-18-16/h4-8,10-11,13-14,19H,9H2,1-3H3. The third kappa shape index (κ3) is 3.83. The van der Waals surface area contributed by atoms with Gasteiger partial charge < -0.3 is 5.32 Å². The maximum Gasteiger partial charge on any atom is 0.142 e. The van der Waals surface area contributed by atoms with Gasteiger partial charge in [0.1, 0.15) is 5.01 Å². The van der Waals surface area contributed by atoms with Crippen molar-refractivity contribution >= 4 is 11.3 Å². The molecule has 0 aliphatic rings. The average Bonchev–Trinajstić information content (AvgIpc) is 3.22. The van der Waals surface area contributed by atoms with Crippen molar-refractivity contribution in [3.8, 4) is 10.7 Å². The Labute approximate surface area is 140 Å². The predicted molar refractivity (Wildman–Crippen MR) is 93.3 cm³/mol. The summed E-state index contributed by atoms with van der Waals surface area (Å²) in [6.45, 7) is 7.15. The van der Waals surface area contributed by atoms with Crippen molar-refractivity contribution < 1.29 is 0 Å². The molecule has 1 N–H and O–H groups in total. The molecule has 0 bridgehead atoms. The zero-order valence-electron chi connectivity index (χ0n) is 13.6. The molecule has 0 aromatic carbocycles. The van der Waals surface area contributed by atoms with Gasteiger partial charge in [-0.3, -0.25) is 9.67 Å². The highest BCUT2D eigenvalue weighted by Gasteiger charge is 2.15. The largest absolute Gasteiger partial charge is 0.306 e. The Kier molecular flexibility index (Phi) is 4.83. The Morgan fingerprint density at radius 3 is 2.87 bits per heavy atom. The lowest BCUT2D eigenvalue weighted by atomic mass is 10.1. The van der Waals surface area contributed by atoms with E-state index in [1.165, 1.54) is 5.56 Å². The maximum absolute atomic E-state index is 4.66. The fraction of sp³-hybridized carbons (Fsp3) is 0.353. The molecule has 23 heavy (non-hydrogen) atoms. The number of hydrogen-bond donors (Lipinski definition) is 1. The van der Waals surface area contributed by atoms with Crippen LogP contribution in [0.2, 0.25) is 0 Å². The summed E-state index contributed by atoms with van der Waals surface area (Å²) >= 11 is 1.63. The van der Waals surface area contributed by atoms with Crippen LogP contribution in [-0.4, -0.2) is 25.8 Å². The van der Waals surface area contributed by atoms with Crippen LogP contribution < -0.4 is 5.32 Å². The lowest BCUT2D eigenvalue weighted by Crippen LogP contribution is -2.33. The van der Waals surface area contributed by atoms with E-state index in [1.807, 2.05) is 29.1 Å². The Hall–Kier alpha value is -2.05. The Bertz CT molecular complexity index is 749. The van der Waals surface area contributed by atoms with Crippen molar-refractivity contribution in [1.82, 2.24) is 25.1 Å². The van der Waals surface area contributed by atoms with E-state index >= 15 is 0 Å². The summed E-state index contributed by atoms with van der Waals surface area (Å²) in [6.07, 6.45) is 5.76. The van der Waals surface area contributed by atoms with Gasteiger partial charge in [0.15, 0.2) is 0 Å². The number of hydrogen-bond acceptors (Lipinski definition) is 5. The van der Waals surface area contributed by atoms with Gasteiger partial charge in [-0.25, -0.2) is 4.98 Å². The van der Waals surface area contributed by atoms with Crippen LogP contribution in [0.15, 0.2) is 42.2 Å². The van der Waals surface area contributed by atoms with Crippen molar-refractivity contribution in [3.63, 3.8) is 0 Å². The van der Waals surface area contributed by atoms with Crippen LogP contribution in [0.1, 0.15) is 31.1 Å². The van der Waals surface area contributed by atoms with Crippen molar-refractivity contribution in [2.45, 2.75) is 39.4 Å². The van der Waals surface area contributed by atoms with Gasteiger partial charge in [0, 0.05) is 30.4 Å². The molecular formula is C17H21N5S. The van der Waals surface area contributed by atoms with Crippen LogP contribution in [0.4, 0.5) is 0 Å². The van der Waals surface area contributed by atoms with Gasteiger partial charge in [0.2, 0.25) is 0 Å². The fourth-order valence-electron chi connectivity index (χ4n) is 2.32. The SMILES string of the molecule is Cc1cnn(C(C)C(C)NCc2csc(-c3ccccn3)n2)c1. The summed E-state index contributed by atoms with van der Waals surface area (Å²) < 4.78 is 2.01. The van der Waals surface area contributed by atoms with Crippen LogP contribution in [0.5, 0.6) is 0 Å². The van der Waals surface area contributed by atoms with E-state index in [0.29, 0.717) is 6.04 Å². The van der Waals surface area contributed by atoms with Gasteiger partial charge in [0.25, 0.3) is 0 Å². The van der Waals surface area contributed by atoms with Crippen molar-refractivity contribution in [3.05, 3.63) is 53.4 Å². The fourth-order valence-corrected chi connectivity index (χ4v) is 3.11. The van der Waals surface area contributed by atoms with Crippen LogP contribution in [0.3, 0.4) is 0 Å². The van der Waals surface area contributed by atoms with Gasteiger partial charge >= 0.3 is 0 Å². The Balaban J connectivity index is 1.59. The summed E-state index contributed by atoms with van der Waals surface area (Å²) in [5, 5.41) is 11.0. The normalized spacial score (nSPS) is 13.9. The third-order valence-electron chi connectivity index (χ3n) is 3.91. The maximum atomic E-state index is 4.66. The molecule has 0 radical (unpaired) electrons. The first-order valence-electron chi connectivity index (χ1n) is 7.73. The van der Waals surface area contributed by atoms with E-state index in [4.69, 9.17) is 0 Å². The van der Waals surface area contributed by atoms with Gasteiger partial charge in [-0.15, -0.1) is 11.3 Å². The molecule has 120 valence electrons. The summed E-state index contributed by atoms with van der Waals surface area (Å²) in [5.41, 5.74) is 3.16. The molecule has 0 spiro atoms. The molecule has 3 heterocycles. The highest BCUT2D eigenvalue weighted by molar-refractivity contribution is 7.13. The topological polar surface area (TPSA) is 55.6 Å². The molecule has 2 atom stereocenters. The molecule has 3 rings (SSSR count). The van der Waals surface area contributed by atoms with Gasteiger partial charge in [-0.1, -0.05) is 6.07 Å². The number of rotatable bonds is 6. The number of thiazole rings is 1. The predicted octanol–water partition coefficient (Wildman–Crippen LogP) is 3.45. The van der Waals surface area contributed by atoms with Crippen LogP contribution in [-0.2, 0) is 6.54 Å². The van der Waals surface area contributed by atoms with E-state index in [-0.39, 0.29) is 6.04 Å². The molecule has 0 aliphatic carbocycles. The van der Waals surface area contributed by atoms with Crippen LogP contribution in [0, 0.1) is 6.92 Å². The summed E-state index contributed by atoms with van der Waals surface area (Å²) in [4.78, 5) is 9.00. The van der Waals surface area contributed by atoms with Crippen molar-refractivity contribution in [2.75, 3.05) is 0 Å². The molecule has 0 fully saturated rings. The second-order valence-electron chi connectivity index (χ2n) is 5.77. The van der Waals surface area contributed by atoms with E-state index < -0.39 is 0 Å². The zero-order chi connectivity index (χ0) is 16.2. The molecule has 0 saturated carbocycles. The first-order valence-corrected chi connectivity index (χ1v) is 8.61. The number of nitrogens with zero attached hydrogens (tertiary/aromatic N) is 4. The molecule has 3 aromatic heterocycles. The van der Waals surface area contributed by atoms with E-state index in [2.05, 4.69) is 52.7 Å². The molecule has 2 unspecified atom stereocenters. The molecule has 5 nitrogen and oxygen atoms in total.